The first-order chi connectivity index (χ1) is 14.5. The van der Waals surface area contributed by atoms with E-state index < -0.39 is 20.0 Å². The number of cyclic esters (lactones) is 1. The van der Waals surface area contributed by atoms with Gasteiger partial charge in [-0.2, -0.15) is 0 Å². The average molecular weight is 451 g/mol. The van der Waals surface area contributed by atoms with Crippen LogP contribution in [0.25, 0.3) is 0 Å². The van der Waals surface area contributed by atoms with Gasteiger partial charge in [-0.3, -0.25) is 9.59 Å². The fourth-order valence-corrected chi connectivity index (χ4v) is 13.1. The molecular formula is C24H38O6Si. The molecule has 6 nitrogen and oxygen atoms in total. The van der Waals surface area contributed by atoms with Gasteiger partial charge in [-0.15, -0.1) is 6.58 Å². The van der Waals surface area contributed by atoms with Crippen LogP contribution in [0.15, 0.2) is 12.7 Å². The van der Waals surface area contributed by atoms with Crippen LogP contribution in [-0.2, 0) is 28.2 Å². The predicted octanol–water partition coefficient (Wildman–Crippen LogP) is 4.24. The van der Waals surface area contributed by atoms with Gasteiger partial charge in [0, 0.05) is 24.7 Å². The minimum Gasteiger partial charge on any atom is -0.462 e. The van der Waals surface area contributed by atoms with Crippen LogP contribution in [0.4, 0.5) is 0 Å². The number of hydrogen-bond donors (Lipinski definition) is 0. The van der Waals surface area contributed by atoms with E-state index in [-0.39, 0.29) is 47.8 Å². The zero-order chi connectivity index (χ0) is 22.9. The molecule has 0 bridgehead atoms. The van der Waals surface area contributed by atoms with Gasteiger partial charge >= 0.3 is 11.9 Å². The number of hydrogen-bond acceptors (Lipinski definition) is 6. The van der Waals surface area contributed by atoms with Gasteiger partial charge in [0.05, 0.1) is 18.1 Å². The van der Waals surface area contributed by atoms with Gasteiger partial charge in [-0.1, -0.05) is 47.6 Å². The van der Waals surface area contributed by atoms with Crippen LogP contribution >= 0.6 is 0 Å². The molecule has 2 saturated heterocycles. The summed E-state index contributed by atoms with van der Waals surface area (Å²) in [5.74, 6) is -0.601. The van der Waals surface area contributed by atoms with Gasteiger partial charge < -0.3 is 18.6 Å². The van der Waals surface area contributed by atoms with Crippen molar-refractivity contribution in [3.63, 3.8) is 0 Å². The van der Waals surface area contributed by atoms with Gasteiger partial charge in [0.2, 0.25) is 8.32 Å². The second-order valence-electron chi connectivity index (χ2n) is 10.9. The van der Waals surface area contributed by atoms with Crippen LogP contribution in [-0.4, -0.2) is 50.8 Å². The molecule has 0 aromatic carbocycles. The standard InChI is InChI=1S/C24H38O6Si/c1-9-16-20-19(17-10-18-23(26)27-11-24(17,18)29-20)22(28-15(8)25)21(16)30-31(12(2)3,13(4)5)14(6)7/h9,12-14,16-22H,1,10-11H2,2-8H3/t16-,17+,18+,19+,20+,21+,22+,24-/m0/s1. The molecule has 4 fully saturated rings. The summed E-state index contributed by atoms with van der Waals surface area (Å²) in [5, 5.41) is 0. The zero-order valence-corrected chi connectivity index (χ0v) is 20.9. The Balaban J connectivity index is 1.71. The molecule has 0 unspecified atom stereocenters. The molecule has 8 atom stereocenters. The number of fused-ring (bicyclic) bond motifs is 2. The molecule has 2 saturated carbocycles. The van der Waals surface area contributed by atoms with E-state index in [4.69, 9.17) is 18.6 Å². The highest BCUT2D eigenvalue weighted by atomic mass is 28.4. The molecule has 4 aliphatic rings. The van der Waals surface area contributed by atoms with Crippen molar-refractivity contribution < 1.29 is 28.2 Å². The summed E-state index contributed by atoms with van der Waals surface area (Å²) in [4.78, 5) is 24.3. The number of ether oxygens (including phenoxy) is 3. The molecule has 0 amide bonds. The molecule has 1 spiro atoms. The molecule has 174 valence electrons. The Kier molecular flexibility index (Phi) is 5.71. The van der Waals surface area contributed by atoms with Crippen LogP contribution in [0.1, 0.15) is 54.9 Å². The first-order valence-corrected chi connectivity index (χ1v) is 14.0. The van der Waals surface area contributed by atoms with Crippen LogP contribution in [0.3, 0.4) is 0 Å². The van der Waals surface area contributed by atoms with E-state index in [1.165, 1.54) is 6.92 Å². The molecule has 2 aliphatic carbocycles. The molecule has 2 heterocycles. The van der Waals surface area contributed by atoms with E-state index in [1.54, 1.807) is 0 Å². The Morgan fingerprint density at radius 3 is 2.26 bits per heavy atom. The van der Waals surface area contributed by atoms with Crippen molar-refractivity contribution in [3.8, 4) is 0 Å². The van der Waals surface area contributed by atoms with Crippen molar-refractivity contribution in [1.82, 2.24) is 0 Å². The molecule has 2 aliphatic heterocycles. The first-order valence-electron chi connectivity index (χ1n) is 11.8. The largest absolute Gasteiger partial charge is 0.462 e. The smallest absolute Gasteiger partial charge is 0.312 e. The minimum absolute atomic E-state index is 0.000775. The van der Waals surface area contributed by atoms with Crippen LogP contribution in [0, 0.1) is 23.7 Å². The quantitative estimate of drug-likeness (QED) is 0.328. The Labute approximate surface area is 187 Å². The van der Waals surface area contributed by atoms with Gasteiger partial charge in [0.1, 0.15) is 18.3 Å². The lowest BCUT2D eigenvalue weighted by atomic mass is 9.59. The van der Waals surface area contributed by atoms with E-state index in [9.17, 15) is 9.59 Å². The zero-order valence-electron chi connectivity index (χ0n) is 19.9. The molecule has 31 heavy (non-hydrogen) atoms. The fraction of sp³-hybridized carbons (Fsp3) is 0.833. The first kappa shape index (κ1) is 23.0. The van der Waals surface area contributed by atoms with Crippen molar-refractivity contribution in [3.05, 3.63) is 12.7 Å². The van der Waals surface area contributed by atoms with Gasteiger partial charge in [-0.05, 0) is 23.0 Å². The monoisotopic (exact) mass is 450 g/mol. The second kappa shape index (κ2) is 7.70. The maximum absolute atomic E-state index is 12.2. The fourth-order valence-electron chi connectivity index (χ4n) is 7.56. The molecule has 0 aromatic heterocycles. The predicted molar refractivity (Wildman–Crippen MR) is 119 cm³/mol. The molecule has 0 radical (unpaired) electrons. The molecule has 0 N–H and O–H groups in total. The van der Waals surface area contributed by atoms with Crippen LogP contribution in [0.5, 0.6) is 0 Å². The number of carbonyl (C=O) groups is 2. The Morgan fingerprint density at radius 2 is 1.77 bits per heavy atom. The van der Waals surface area contributed by atoms with E-state index in [0.29, 0.717) is 23.2 Å². The maximum Gasteiger partial charge on any atom is 0.312 e. The lowest BCUT2D eigenvalue weighted by Crippen LogP contribution is -2.59. The van der Waals surface area contributed by atoms with Gasteiger partial charge in [-0.25, -0.2) is 0 Å². The highest BCUT2D eigenvalue weighted by Gasteiger charge is 2.77. The number of rotatable bonds is 7. The molecule has 0 aromatic rings. The Hall–Kier alpha value is -1.18. The molecular weight excluding hydrogens is 412 g/mol. The number of esters is 2. The Morgan fingerprint density at radius 1 is 1.16 bits per heavy atom. The van der Waals surface area contributed by atoms with Gasteiger partial charge in [0.25, 0.3) is 0 Å². The summed E-state index contributed by atoms with van der Waals surface area (Å²) >= 11 is 0. The summed E-state index contributed by atoms with van der Waals surface area (Å²) in [5.41, 5.74) is 0.687. The Bertz CT molecular complexity index is 741. The summed E-state index contributed by atoms with van der Waals surface area (Å²) in [6, 6.07) is 0. The lowest BCUT2D eigenvalue weighted by molar-refractivity contribution is -0.168. The number of carbonyl (C=O) groups excluding carboxylic acids is 2. The van der Waals surface area contributed by atoms with Crippen LogP contribution in [0.2, 0.25) is 16.6 Å². The van der Waals surface area contributed by atoms with Gasteiger partial charge in [0.15, 0.2) is 0 Å². The SMILES string of the molecule is C=C[C@@H]1[C@@H](O[Si](C(C)C)(C(C)C)C(C)C)[C@H](OC(C)=O)[C@H]2[C@@H]1O[C@]13COC(=O)[C@H]1C[C@H]23. The lowest BCUT2D eigenvalue weighted by Gasteiger charge is -2.48. The van der Waals surface area contributed by atoms with Crippen LogP contribution < -0.4 is 0 Å². The third-order valence-electron chi connectivity index (χ3n) is 8.71. The highest BCUT2D eigenvalue weighted by Crippen LogP contribution is 2.66. The van der Waals surface area contributed by atoms with E-state index in [0.717, 1.165) is 6.42 Å². The molecule has 7 heteroatoms. The summed E-state index contributed by atoms with van der Waals surface area (Å²) in [6.07, 6.45) is 1.81. The molecule has 4 rings (SSSR count). The highest BCUT2D eigenvalue weighted by molar-refractivity contribution is 6.77. The summed E-state index contributed by atoms with van der Waals surface area (Å²) in [6.45, 7) is 19.4. The second-order valence-corrected chi connectivity index (χ2v) is 16.3. The summed E-state index contributed by atoms with van der Waals surface area (Å²) in [7, 11) is -2.22. The maximum atomic E-state index is 12.2. The van der Waals surface area contributed by atoms with Crippen molar-refractivity contribution in [2.45, 2.75) is 95.4 Å². The third-order valence-corrected chi connectivity index (χ3v) is 14.8. The normalized spacial score (nSPS) is 41.1. The van der Waals surface area contributed by atoms with Crippen molar-refractivity contribution in [2.75, 3.05) is 6.61 Å². The average Bonchev–Trinajstić information content (AvgIpc) is 3.16. The minimum atomic E-state index is -2.22. The van der Waals surface area contributed by atoms with Crippen molar-refractivity contribution in [1.29, 1.82) is 0 Å². The van der Waals surface area contributed by atoms with Crippen molar-refractivity contribution >= 4 is 20.3 Å². The van der Waals surface area contributed by atoms with E-state index in [2.05, 4.69) is 48.1 Å². The third kappa shape index (κ3) is 3.02. The van der Waals surface area contributed by atoms with E-state index in [1.807, 2.05) is 6.08 Å². The topological polar surface area (TPSA) is 71.1 Å². The van der Waals surface area contributed by atoms with Crippen molar-refractivity contribution in [2.24, 2.45) is 23.7 Å². The van der Waals surface area contributed by atoms with E-state index >= 15 is 0 Å². The summed E-state index contributed by atoms with van der Waals surface area (Å²) < 4.78 is 25.2.